The van der Waals surface area contributed by atoms with E-state index in [-0.39, 0.29) is 0 Å². The molecule has 3 rings (SSSR count). The van der Waals surface area contributed by atoms with Crippen LogP contribution in [0, 0.1) is 13.8 Å². The number of rotatable bonds is 3. The molecule has 0 aromatic carbocycles. The molecule has 1 fully saturated rings. The Bertz CT molecular complexity index is 575. The fourth-order valence-electron chi connectivity index (χ4n) is 2.98. The van der Waals surface area contributed by atoms with Gasteiger partial charge >= 0.3 is 0 Å². The second-order valence-corrected chi connectivity index (χ2v) is 5.80. The summed E-state index contributed by atoms with van der Waals surface area (Å²) in [7, 11) is 0. The third-order valence-electron chi connectivity index (χ3n) is 3.95. The molecule has 20 heavy (non-hydrogen) atoms. The molecular formula is C16H22N4. The molecule has 106 valence electrons. The zero-order valence-corrected chi connectivity index (χ0v) is 12.3. The standard InChI is InChI=1S/C16H22N4/c1-12-5-3-7-15(18-12)11-20-8-4-6-14(10-20)16-17-9-13(2)19-16/h3,5,7,9,14H,4,6,8,10-11H2,1-2H3,(H,17,19)/t14-/m0/s1. The lowest BCUT2D eigenvalue weighted by atomic mass is 9.97. The number of aromatic nitrogens is 3. The number of nitrogens with one attached hydrogen (secondary N) is 1. The predicted octanol–water partition coefficient (Wildman–Crippen LogP) is 2.80. The Labute approximate surface area is 120 Å². The average molecular weight is 270 g/mol. The van der Waals surface area contributed by atoms with Crippen molar-refractivity contribution in [3.8, 4) is 0 Å². The van der Waals surface area contributed by atoms with Gasteiger partial charge in [0.2, 0.25) is 0 Å². The van der Waals surface area contributed by atoms with E-state index < -0.39 is 0 Å². The molecule has 4 heteroatoms. The fraction of sp³-hybridized carbons (Fsp3) is 0.500. The second kappa shape index (κ2) is 5.75. The number of H-pyrrole nitrogens is 1. The Kier molecular flexibility index (Phi) is 3.83. The number of aryl methyl sites for hydroxylation is 2. The number of aromatic amines is 1. The zero-order valence-electron chi connectivity index (χ0n) is 12.3. The van der Waals surface area contributed by atoms with Crippen molar-refractivity contribution in [1.82, 2.24) is 19.9 Å². The molecule has 1 N–H and O–H groups in total. The monoisotopic (exact) mass is 270 g/mol. The highest BCUT2D eigenvalue weighted by molar-refractivity contribution is 5.11. The van der Waals surface area contributed by atoms with Crippen molar-refractivity contribution < 1.29 is 0 Å². The van der Waals surface area contributed by atoms with Gasteiger partial charge < -0.3 is 4.98 Å². The first-order valence-electron chi connectivity index (χ1n) is 7.37. The Morgan fingerprint density at radius 2 is 2.25 bits per heavy atom. The highest BCUT2D eigenvalue weighted by atomic mass is 15.1. The molecule has 1 atom stereocenters. The minimum absolute atomic E-state index is 0.530. The Morgan fingerprint density at radius 1 is 1.35 bits per heavy atom. The second-order valence-electron chi connectivity index (χ2n) is 5.80. The summed E-state index contributed by atoms with van der Waals surface area (Å²) in [4.78, 5) is 15.0. The molecule has 1 aliphatic heterocycles. The number of hydrogen-bond acceptors (Lipinski definition) is 3. The van der Waals surface area contributed by atoms with E-state index in [2.05, 4.69) is 38.9 Å². The normalized spacial score (nSPS) is 20.2. The lowest BCUT2D eigenvalue weighted by molar-refractivity contribution is 0.195. The van der Waals surface area contributed by atoms with Crippen molar-refractivity contribution in [2.45, 2.75) is 39.2 Å². The van der Waals surface area contributed by atoms with Gasteiger partial charge in [0.25, 0.3) is 0 Å². The molecule has 0 spiro atoms. The van der Waals surface area contributed by atoms with Crippen LogP contribution in [-0.4, -0.2) is 32.9 Å². The van der Waals surface area contributed by atoms with E-state index in [1.807, 2.05) is 19.2 Å². The Morgan fingerprint density at radius 3 is 3.00 bits per heavy atom. The minimum atomic E-state index is 0.530. The van der Waals surface area contributed by atoms with Gasteiger partial charge in [-0.15, -0.1) is 0 Å². The van der Waals surface area contributed by atoms with E-state index in [0.717, 1.165) is 36.8 Å². The Hall–Kier alpha value is -1.68. The van der Waals surface area contributed by atoms with Crippen LogP contribution >= 0.6 is 0 Å². The summed E-state index contributed by atoms with van der Waals surface area (Å²) in [6.07, 6.45) is 4.39. The summed E-state index contributed by atoms with van der Waals surface area (Å²) in [6.45, 7) is 7.29. The van der Waals surface area contributed by atoms with Gasteiger partial charge in [-0.1, -0.05) is 6.07 Å². The maximum absolute atomic E-state index is 4.60. The van der Waals surface area contributed by atoms with Crippen LogP contribution in [0.15, 0.2) is 24.4 Å². The van der Waals surface area contributed by atoms with Crippen molar-refractivity contribution in [1.29, 1.82) is 0 Å². The summed E-state index contributed by atoms with van der Waals surface area (Å²) in [6, 6.07) is 6.26. The highest BCUT2D eigenvalue weighted by Gasteiger charge is 2.23. The molecule has 4 nitrogen and oxygen atoms in total. The molecule has 2 aromatic rings. The molecule has 0 aliphatic carbocycles. The minimum Gasteiger partial charge on any atom is -0.346 e. The summed E-state index contributed by atoms with van der Waals surface area (Å²) in [5.41, 5.74) is 3.41. The molecule has 0 unspecified atom stereocenters. The molecule has 0 saturated carbocycles. The maximum atomic E-state index is 4.60. The highest BCUT2D eigenvalue weighted by Crippen LogP contribution is 2.25. The lowest BCUT2D eigenvalue weighted by Gasteiger charge is -2.31. The largest absolute Gasteiger partial charge is 0.346 e. The summed E-state index contributed by atoms with van der Waals surface area (Å²) >= 11 is 0. The predicted molar refractivity (Wildman–Crippen MR) is 79.6 cm³/mol. The first-order chi connectivity index (χ1) is 9.70. The van der Waals surface area contributed by atoms with Crippen LogP contribution in [0.1, 0.15) is 41.7 Å². The van der Waals surface area contributed by atoms with Gasteiger partial charge in [-0.2, -0.15) is 0 Å². The van der Waals surface area contributed by atoms with Crippen molar-refractivity contribution in [2.75, 3.05) is 13.1 Å². The summed E-state index contributed by atoms with van der Waals surface area (Å²) in [5.74, 6) is 1.67. The number of nitrogens with zero attached hydrogens (tertiary/aromatic N) is 3. The van der Waals surface area contributed by atoms with Crippen molar-refractivity contribution >= 4 is 0 Å². The number of pyridine rings is 1. The molecule has 1 aliphatic rings. The van der Waals surface area contributed by atoms with Gasteiger partial charge in [0.1, 0.15) is 5.82 Å². The first kappa shape index (κ1) is 13.3. The van der Waals surface area contributed by atoms with Gasteiger partial charge in [-0.05, 0) is 45.4 Å². The van der Waals surface area contributed by atoms with E-state index in [1.54, 1.807) is 0 Å². The number of likely N-dealkylation sites (tertiary alicyclic amines) is 1. The van der Waals surface area contributed by atoms with Gasteiger partial charge in [-0.3, -0.25) is 9.88 Å². The van der Waals surface area contributed by atoms with Crippen LogP contribution in [0.3, 0.4) is 0 Å². The van der Waals surface area contributed by atoms with Crippen molar-refractivity contribution in [2.24, 2.45) is 0 Å². The third kappa shape index (κ3) is 3.07. The molecule has 0 bridgehead atoms. The van der Waals surface area contributed by atoms with Crippen molar-refractivity contribution in [3.05, 3.63) is 47.3 Å². The molecule has 0 radical (unpaired) electrons. The van der Waals surface area contributed by atoms with E-state index >= 15 is 0 Å². The van der Waals surface area contributed by atoms with Crippen LogP contribution in [-0.2, 0) is 6.54 Å². The van der Waals surface area contributed by atoms with E-state index in [1.165, 1.54) is 18.5 Å². The van der Waals surface area contributed by atoms with Crippen LogP contribution in [0.2, 0.25) is 0 Å². The molecule has 3 heterocycles. The summed E-state index contributed by atoms with van der Waals surface area (Å²) in [5, 5.41) is 0. The average Bonchev–Trinajstić information content (AvgIpc) is 2.86. The number of hydrogen-bond donors (Lipinski definition) is 1. The fourth-order valence-corrected chi connectivity index (χ4v) is 2.98. The van der Waals surface area contributed by atoms with E-state index in [9.17, 15) is 0 Å². The molecule has 1 saturated heterocycles. The van der Waals surface area contributed by atoms with Crippen LogP contribution in [0.5, 0.6) is 0 Å². The molecule has 2 aromatic heterocycles. The number of piperidine rings is 1. The summed E-state index contributed by atoms with van der Waals surface area (Å²) < 4.78 is 0. The SMILES string of the molecule is Cc1cccc(CN2CCC[C@H](c3ncc(C)[nH]3)C2)n1. The molecule has 0 amide bonds. The topological polar surface area (TPSA) is 44.8 Å². The van der Waals surface area contributed by atoms with E-state index in [0.29, 0.717) is 5.92 Å². The van der Waals surface area contributed by atoms with Gasteiger partial charge in [0, 0.05) is 36.6 Å². The van der Waals surface area contributed by atoms with Crippen LogP contribution in [0.25, 0.3) is 0 Å². The Balaban J connectivity index is 1.66. The number of imidazole rings is 1. The third-order valence-corrected chi connectivity index (χ3v) is 3.95. The zero-order chi connectivity index (χ0) is 13.9. The quantitative estimate of drug-likeness (QED) is 0.932. The van der Waals surface area contributed by atoms with Gasteiger partial charge in [-0.25, -0.2) is 4.98 Å². The van der Waals surface area contributed by atoms with Crippen molar-refractivity contribution in [3.63, 3.8) is 0 Å². The van der Waals surface area contributed by atoms with Gasteiger partial charge in [0.05, 0.1) is 5.69 Å². The smallest absolute Gasteiger partial charge is 0.110 e. The van der Waals surface area contributed by atoms with E-state index in [4.69, 9.17) is 0 Å². The molecular weight excluding hydrogens is 248 g/mol. The van der Waals surface area contributed by atoms with Crippen LogP contribution in [0.4, 0.5) is 0 Å². The lowest BCUT2D eigenvalue weighted by Crippen LogP contribution is -2.34. The van der Waals surface area contributed by atoms with Gasteiger partial charge in [0.15, 0.2) is 0 Å². The first-order valence-corrected chi connectivity index (χ1v) is 7.37. The maximum Gasteiger partial charge on any atom is 0.110 e. The van der Waals surface area contributed by atoms with Crippen LogP contribution < -0.4 is 0 Å².